The van der Waals surface area contributed by atoms with Crippen LogP contribution < -0.4 is 0 Å². The minimum absolute atomic E-state index is 0.0581. The van der Waals surface area contributed by atoms with Gasteiger partial charge in [0.2, 0.25) is 5.91 Å². The molecule has 1 heterocycles. The van der Waals surface area contributed by atoms with E-state index in [1.165, 1.54) is 0 Å². The second-order valence-corrected chi connectivity index (χ2v) is 4.94. The van der Waals surface area contributed by atoms with Gasteiger partial charge < -0.3 is 14.7 Å². The summed E-state index contributed by atoms with van der Waals surface area (Å²) in [5.41, 5.74) is 0. The number of hydrogen-bond acceptors (Lipinski definition) is 4. The Hall–Kier alpha value is -1.14. The van der Waals surface area contributed by atoms with Gasteiger partial charge in [0.1, 0.15) is 0 Å². The van der Waals surface area contributed by atoms with Crippen LogP contribution >= 0.6 is 0 Å². The lowest BCUT2D eigenvalue weighted by molar-refractivity contribution is -0.145. The van der Waals surface area contributed by atoms with Gasteiger partial charge in [0, 0.05) is 19.6 Å². The molecule has 1 aliphatic heterocycles. The molecule has 0 bridgehead atoms. The molecule has 0 spiro atoms. The van der Waals surface area contributed by atoms with E-state index in [0.717, 1.165) is 0 Å². The lowest BCUT2D eigenvalue weighted by Crippen LogP contribution is -2.51. The molecular weight excluding hydrogens is 248 g/mol. The molecule has 1 fully saturated rings. The number of morpholine rings is 1. The van der Waals surface area contributed by atoms with E-state index in [1.54, 1.807) is 11.8 Å². The van der Waals surface area contributed by atoms with E-state index < -0.39 is 11.9 Å². The molecule has 1 amide bonds. The standard InChI is InChI=1S/C13H24N2O4/c1-4-14(9-10(2)13(17)18)11(3)12(16)15-5-7-19-8-6-15/h10-11H,4-9H2,1-3H3,(H,17,18). The first kappa shape index (κ1) is 15.9. The normalized spacial score (nSPS) is 19.3. The third kappa shape index (κ3) is 4.47. The number of ether oxygens (including phenoxy) is 1. The molecule has 0 aromatic rings. The summed E-state index contributed by atoms with van der Waals surface area (Å²) >= 11 is 0. The summed E-state index contributed by atoms with van der Waals surface area (Å²) in [5, 5.41) is 8.96. The Balaban J connectivity index is 2.58. The monoisotopic (exact) mass is 272 g/mol. The molecule has 1 N–H and O–H groups in total. The van der Waals surface area contributed by atoms with E-state index in [-0.39, 0.29) is 11.9 Å². The fraction of sp³-hybridized carbons (Fsp3) is 0.846. The van der Waals surface area contributed by atoms with E-state index in [9.17, 15) is 9.59 Å². The summed E-state index contributed by atoms with van der Waals surface area (Å²) in [5.74, 6) is -1.24. The molecule has 0 aromatic carbocycles. The van der Waals surface area contributed by atoms with Crippen molar-refractivity contribution in [2.45, 2.75) is 26.8 Å². The van der Waals surface area contributed by atoms with E-state index in [1.807, 2.05) is 18.7 Å². The Morgan fingerprint density at radius 1 is 1.32 bits per heavy atom. The number of likely N-dealkylation sites (N-methyl/N-ethyl adjacent to an activating group) is 1. The average molecular weight is 272 g/mol. The number of rotatable bonds is 6. The molecule has 110 valence electrons. The Labute approximate surface area is 114 Å². The van der Waals surface area contributed by atoms with Crippen molar-refractivity contribution in [2.75, 3.05) is 39.4 Å². The predicted octanol–water partition coefficient (Wildman–Crippen LogP) is 0.276. The summed E-state index contributed by atoms with van der Waals surface area (Å²) in [4.78, 5) is 26.9. The summed E-state index contributed by atoms with van der Waals surface area (Å²) < 4.78 is 5.23. The quantitative estimate of drug-likeness (QED) is 0.752. The SMILES string of the molecule is CCN(CC(C)C(=O)O)C(C)C(=O)N1CCOCC1. The first-order chi connectivity index (χ1) is 8.97. The number of hydrogen-bond donors (Lipinski definition) is 1. The van der Waals surface area contributed by atoms with Crippen LogP contribution in [0, 0.1) is 5.92 Å². The zero-order valence-corrected chi connectivity index (χ0v) is 12.0. The molecule has 0 aliphatic carbocycles. The molecule has 0 radical (unpaired) electrons. The Morgan fingerprint density at radius 2 is 1.89 bits per heavy atom. The zero-order valence-electron chi connectivity index (χ0n) is 12.0. The Morgan fingerprint density at radius 3 is 2.37 bits per heavy atom. The number of nitrogens with zero attached hydrogens (tertiary/aromatic N) is 2. The van der Waals surface area contributed by atoms with Crippen LogP contribution in [0.2, 0.25) is 0 Å². The van der Waals surface area contributed by atoms with Crippen molar-refractivity contribution in [3.05, 3.63) is 0 Å². The molecule has 2 unspecified atom stereocenters. The van der Waals surface area contributed by atoms with Crippen LogP contribution in [0.1, 0.15) is 20.8 Å². The number of carboxylic acid groups (broad SMARTS) is 1. The second kappa shape index (κ2) is 7.45. The smallest absolute Gasteiger partial charge is 0.307 e. The maximum Gasteiger partial charge on any atom is 0.307 e. The van der Waals surface area contributed by atoms with Gasteiger partial charge in [0.25, 0.3) is 0 Å². The largest absolute Gasteiger partial charge is 0.481 e. The Bertz CT molecular complexity index is 316. The third-order valence-corrected chi connectivity index (χ3v) is 3.56. The van der Waals surface area contributed by atoms with Crippen molar-refractivity contribution in [2.24, 2.45) is 5.92 Å². The highest BCUT2D eigenvalue weighted by molar-refractivity contribution is 5.81. The van der Waals surface area contributed by atoms with Crippen LogP contribution in [-0.2, 0) is 14.3 Å². The molecule has 1 aliphatic rings. The van der Waals surface area contributed by atoms with Gasteiger partial charge in [-0.25, -0.2) is 0 Å². The van der Waals surface area contributed by atoms with E-state index in [0.29, 0.717) is 39.4 Å². The predicted molar refractivity (Wildman–Crippen MR) is 70.9 cm³/mol. The number of amides is 1. The number of carboxylic acids is 1. The highest BCUT2D eigenvalue weighted by Gasteiger charge is 2.28. The maximum absolute atomic E-state index is 12.3. The van der Waals surface area contributed by atoms with Crippen LogP contribution in [0.3, 0.4) is 0 Å². The molecule has 1 saturated heterocycles. The van der Waals surface area contributed by atoms with Gasteiger partial charge in [-0.1, -0.05) is 13.8 Å². The zero-order chi connectivity index (χ0) is 14.4. The van der Waals surface area contributed by atoms with Crippen molar-refractivity contribution in [3.8, 4) is 0 Å². The van der Waals surface area contributed by atoms with Gasteiger partial charge >= 0.3 is 5.97 Å². The number of carbonyl (C=O) groups is 2. The van der Waals surface area contributed by atoms with Gasteiger partial charge in [-0.15, -0.1) is 0 Å². The molecule has 6 nitrogen and oxygen atoms in total. The Kier molecular flexibility index (Phi) is 6.24. The molecule has 6 heteroatoms. The number of carbonyl (C=O) groups excluding carboxylic acids is 1. The highest BCUT2D eigenvalue weighted by atomic mass is 16.5. The van der Waals surface area contributed by atoms with Crippen LogP contribution in [0.15, 0.2) is 0 Å². The van der Waals surface area contributed by atoms with Crippen LogP contribution in [-0.4, -0.2) is 72.2 Å². The van der Waals surface area contributed by atoms with Crippen molar-refractivity contribution in [1.29, 1.82) is 0 Å². The molecule has 0 aromatic heterocycles. The topological polar surface area (TPSA) is 70.1 Å². The van der Waals surface area contributed by atoms with Crippen LogP contribution in [0.25, 0.3) is 0 Å². The van der Waals surface area contributed by atoms with Gasteiger partial charge in [0.05, 0.1) is 25.2 Å². The van der Waals surface area contributed by atoms with Crippen molar-refractivity contribution < 1.29 is 19.4 Å². The molecular formula is C13H24N2O4. The summed E-state index contributed by atoms with van der Waals surface area (Å²) in [6.07, 6.45) is 0. The molecule has 19 heavy (non-hydrogen) atoms. The second-order valence-electron chi connectivity index (χ2n) is 4.94. The van der Waals surface area contributed by atoms with Crippen molar-refractivity contribution in [1.82, 2.24) is 9.80 Å². The minimum Gasteiger partial charge on any atom is -0.481 e. The molecule has 0 saturated carbocycles. The van der Waals surface area contributed by atoms with Gasteiger partial charge in [-0.3, -0.25) is 14.5 Å². The van der Waals surface area contributed by atoms with Crippen molar-refractivity contribution >= 4 is 11.9 Å². The fourth-order valence-corrected chi connectivity index (χ4v) is 2.20. The lowest BCUT2D eigenvalue weighted by Gasteiger charge is -2.34. The van der Waals surface area contributed by atoms with E-state index in [4.69, 9.17) is 9.84 Å². The fourth-order valence-electron chi connectivity index (χ4n) is 2.20. The maximum atomic E-state index is 12.3. The summed E-state index contributed by atoms with van der Waals surface area (Å²) in [6.45, 7) is 8.90. The summed E-state index contributed by atoms with van der Waals surface area (Å²) in [7, 11) is 0. The minimum atomic E-state index is -0.829. The van der Waals surface area contributed by atoms with Gasteiger partial charge in [-0.2, -0.15) is 0 Å². The van der Waals surface area contributed by atoms with Crippen LogP contribution in [0.4, 0.5) is 0 Å². The molecule has 2 atom stereocenters. The molecule has 1 rings (SSSR count). The summed E-state index contributed by atoms with van der Waals surface area (Å²) in [6, 6.07) is -0.287. The van der Waals surface area contributed by atoms with Crippen molar-refractivity contribution in [3.63, 3.8) is 0 Å². The number of aliphatic carboxylic acids is 1. The highest BCUT2D eigenvalue weighted by Crippen LogP contribution is 2.09. The van der Waals surface area contributed by atoms with E-state index in [2.05, 4.69) is 0 Å². The first-order valence-electron chi connectivity index (χ1n) is 6.80. The third-order valence-electron chi connectivity index (χ3n) is 3.56. The van der Waals surface area contributed by atoms with Gasteiger partial charge in [0.15, 0.2) is 0 Å². The van der Waals surface area contributed by atoms with Gasteiger partial charge in [-0.05, 0) is 13.5 Å². The van der Waals surface area contributed by atoms with Crippen LogP contribution in [0.5, 0.6) is 0 Å². The average Bonchev–Trinajstić information content (AvgIpc) is 2.43. The van der Waals surface area contributed by atoms with E-state index >= 15 is 0 Å². The lowest BCUT2D eigenvalue weighted by atomic mass is 10.1. The first-order valence-corrected chi connectivity index (χ1v) is 6.80.